The topological polar surface area (TPSA) is 68.8 Å². The number of rotatable bonds is 5. The normalized spacial score (nSPS) is 20.6. The summed E-state index contributed by atoms with van der Waals surface area (Å²) in [6.07, 6.45) is 2.39. The second-order valence-electron chi connectivity index (χ2n) is 7.34. The highest BCUT2D eigenvalue weighted by molar-refractivity contribution is 5.88. The molecule has 1 aromatic carbocycles. The number of ether oxygens (including phenoxy) is 1. The van der Waals surface area contributed by atoms with Crippen molar-refractivity contribution in [1.82, 2.24) is 14.8 Å². The van der Waals surface area contributed by atoms with E-state index < -0.39 is 0 Å². The first-order valence-corrected chi connectivity index (χ1v) is 8.93. The number of hydrogen-bond acceptors (Lipinski definition) is 4. The molecule has 6 heteroatoms. The van der Waals surface area contributed by atoms with Crippen LogP contribution in [0.5, 0.6) is 0 Å². The van der Waals surface area contributed by atoms with Crippen molar-refractivity contribution in [2.24, 2.45) is 5.41 Å². The molecular formula is C19H25N3O3. The van der Waals surface area contributed by atoms with Gasteiger partial charge in [0.1, 0.15) is 0 Å². The summed E-state index contributed by atoms with van der Waals surface area (Å²) in [5.74, 6) is 0.188. The number of aromatic nitrogens is 1. The number of aliphatic hydroxyl groups is 1. The van der Waals surface area contributed by atoms with Crippen molar-refractivity contribution < 1.29 is 14.6 Å². The maximum atomic E-state index is 12.7. The zero-order chi connectivity index (χ0) is 17.3. The summed E-state index contributed by atoms with van der Waals surface area (Å²) >= 11 is 0. The van der Waals surface area contributed by atoms with Crippen LogP contribution in [0.2, 0.25) is 0 Å². The Morgan fingerprint density at radius 1 is 1.20 bits per heavy atom. The molecule has 0 spiro atoms. The monoisotopic (exact) mass is 343 g/mol. The molecule has 0 saturated carbocycles. The van der Waals surface area contributed by atoms with Crippen molar-refractivity contribution in [3.8, 4) is 0 Å². The SMILES string of the molecule is O=C(Cc1c[nH]c2ccccc12)N1CCN(CC2(CO)COC2)CC1. The number of carbonyl (C=O) groups is 1. The molecule has 1 amide bonds. The molecule has 0 bridgehead atoms. The number of benzene rings is 1. The lowest BCUT2D eigenvalue weighted by Gasteiger charge is -2.45. The maximum Gasteiger partial charge on any atom is 0.227 e. The first-order valence-electron chi connectivity index (χ1n) is 8.93. The van der Waals surface area contributed by atoms with E-state index in [2.05, 4.69) is 16.0 Å². The molecule has 2 N–H and O–H groups in total. The van der Waals surface area contributed by atoms with E-state index in [0.29, 0.717) is 19.6 Å². The van der Waals surface area contributed by atoms with E-state index in [0.717, 1.165) is 49.2 Å². The average molecular weight is 343 g/mol. The van der Waals surface area contributed by atoms with E-state index in [1.165, 1.54) is 0 Å². The summed E-state index contributed by atoms with van der Waals surface area (Å²) in [6.45, 7) is 5.54. The van der Waals surface area contributed by atoms with Crippen LogP contribution in [0.3, 0.4) is 0 Å². The number of hydrogen-bond donors (Lipinski definition) is 2. The summed E-state index contributed by atoms with van der Waals surface area (Å²) in [6, 6.07) is 8.09. The number of carbonyl (C=O) groups excluding carboxylic acids is 1. The summed E-state index contributed by atoms with van der Waals surface area (Å²) < 4.78 is 5.27. The van der Waals surface area contributed by atoms with Crippen molar-refractivity contribution in [2.45, 2.75) is 6.42 Å². The van der Waals surface area contributed by atoms with Gasteiger partial charge in [0.15, 0.2) is 0 Å². The number of nitrogens with zero attached hydrogens (tertiary/aromatic N) is 2. The van der Waals surface area contributed by atoms with Crippen LogP contribution < -0.4 is 0 Å². The van der Waals surface area contributed by atoms with Crippen molar-refractivity contribution in [2.75, 3.05) is 52.5 Å². The quantitative estimate of drug-likeness (QED) is 0.845. The lowest BCUT2D eigenvalue weighted by atomic mass is 9.86. The third-order valence-corrected chi connectivity index (χ3v) is 5.45. The van der Waals surface area contributed by atoms with Gasteiger partial charge < -0.3 is 19.7 Å². The van der Waals surface area contributed by atoms with Crippen LogP contribution in [0.4, 0.5) is 0 Å². The Hall–Kier alpha value is -1.89. The standard InChI is InChI=1S/C19H25N3O3/c23-12-19(13-25-14-19)11-21-5-7-22(8-6-21)18(24)9-15-10-20-17-4-2-1-3-16(15)17/h1-4,10,20,23H,5-9,11-14H2. The fourth-order valence-corrected chi connectivity index (χ4v) is 3.81. The third-order valence-electron chi connectivity index (χ3n) is 5.45. The van der Waals surface area contributed by atoms with Gasteiger partial charge in [0, 0.05) is 49.8 Å². The van der Waals surface area contributed by atoms with E-state index >= 15 is 0 Å². The summed E-state index contributed by atoms with van der Waals surface area (Å²) in [4.78, 5) is 20.2. The number of piperazine rings is 1. The van der Waals surface area contributed by atoms with Crippen LogP contribution in [-0.2, 0) is 16.0 Å². The molecule has 0 atom stereocenters. The molecule has 0 unspecified atom stereocenters. The van der Waals surface area contributed by atoms with Crippen molar-refractivity contribution in [3.05, 3.63) is 36.0 Å². The highest BCUT2D eigenvalue weighted by atomic mass is 16.5. The minimum absolute atomic E-state index is 0.0871. The number of aliphatic hydroxyl groups excluding tert-OH is 1. The number of para-hydroxylation sites is 1. The molecule has 2 saturated heterocycles. The highest BCUT2D eigenvalue weighted by Crippen LogP contribution is 2.28. The van der Waals surface area contributed by atoms with Crippen molar-refractivity contribution in [3.63, 3.8) is 0 Å². The zero-order valence-corrected chi connectivity index (χ0v) is 14.4. The molecule has 2 fully saturated rings. The lowest BCUT2D eigenvalue weighted by Crippen LogP contribution is -2.57. The summed E-state index contributed by atoms with van der Waals surface area (Å²) in [5.41, 5.74) is 2.05. The smallest absolute Gasteiger partial charge is 0.227 e. The van der Waals surface area contributed by atoms with Gasteiger partial charge >= 0.3 is 0 Å². The van der Waals surface area contributed by atoms with Crippen LogP contribution in [-0.4, -0.2) is 78.3 Å². The van der Waals surface area contributed by atoms with Crippen molar-refractivity contribution >= 4 is 16.8 Å². The predicted octanol–water partition coefficient (Wildman–Crippen LogP) is 0.863. The molecule has 25 heavy (non-hydrogen) atoms. The van der Waals surface area contributed by atoms with Gasteiger partial charge in [0.25, 0.3) is 0 Å². The molecule has 3 heterocycles. The predicted molar refractivity (Wildman–Crippen MR) is 95.4 cm³/mol. The molecule has 134 valence electrons. The molecule has 0 radical (unpaired) electrons. The molecule has 4 rings (SSSR count). The van der Waals surface area contributed by atoms with Gasteiger partial charge in [-0.25, -0.2) is 0 Å². The Bertz CT molecular complexity index is 740. The van der Waals surface area contributed by atoms with E-state index in [4.69, 9.17) is 4.74 Å². The molecule has 0 aliphatic carbocycles. The van der Waals surface area contributed by atoms with Gasteiger partial charge in [-0.05, 0) is 11.6 Å². The number of H-pyrrole nitrogens is 1. The van der Waals surface area contributed by atoms with E-state index in [9.17, 15) is 9.90 Å². The number of aromatic amines is 1. The van der Waals surface area contributed by atoms with Gasteiger partial charge in [0.2, 0.25) is 5.91 Å². The zero-order valence-electron chi connectivity index (χ0n) is 14.4. The first-order chi connectivity index (χ1) is 12.2. The Kier molecular flexibility index (Phi) is 4.50. The Morgan fingerprint density at radius 2 is 1.96 bits per heavy atom. The minimum Gasteiger partial charge on any atom is -0.396 e. The fraction of sp³-hybridized carbons (Fsp3) is 0.526. The molecule has 2 aliphatic rings. The molecular weight excluding hydrogens is 318 g/mol. The van der Waals surface area contributed by atoms with Crippen LogP contribution in [0.15, 0.2) is 30.5 Å². The average Bonchev–Trinajstić information content (AvgIpc) is 3.02. The molecule has 6 nitrogen and oxygen atoms in total. The summed E-state index contributed by atoms with van der Waals surface area (Å²) in [5, 5.41) is 10.7. The third kappa shape index (κ3) is 3.29. The van der Waals surface area contributed by atoms with Crippen molar-refractivity contribution in [1.29, 1.82) is 0 Å². The number of fused-ring (bicyclic) bond motifs is 1. The molecule has 2 aromatic rings. The van der Waals surface area contributed by atoms with Gasteiger partial charge in [-0.15, -0.1) is 0 Å². The van der Waals surface area contributed by atoms with Crippen LogP contribution in [0, 0.1) is 5.41 Å². The largest absolute Gasteiger partial charge is 0.396 e. The Balaban J connectivity index is 1.32. The number of amides is 1. The van der Waals surface area contributed by atoms with Gasteiger partial charge in [0.05, 0.1) is 31.7 Å². The Labute approximate surface area is 147 Å². The van der Waals surface area contributed by atoms with E-state index in [1.54, 1.807) is 0 Å². The number of nitrogens with one attached hydrogen (secondary N) is 1. The first kappa shape index (κ1) is 16.6. The van der Waals surface area contributed by atoms with E-state index in [-0.39, 0.29) is 17.9 Å². The van der Waals surface area contributed by atoms with Gasteiger partial charge in [-0.1, -0.05) is 18.2 Å². The van der Waals surface area contributed by atoms with Gasteiger partial charge in [-0.3, -0.25) is 9.69 Å². The lowest BCUT2D eigenvalue weighted by molar-refractivity contribution is -0.152. The minimum atomic E-state index is -0.0871. The van der Waals surface area contributed by atoms with Crippen LogP contribution in [0.25, 0.3) is 10.9 Å². The second-order valence-corrected chi connectivity index (χ2v) is 7.34. The van der Waals surface area contributed by atoms with Gasteiger partial charge in [-0.2, -0.15) is 0 Å². The molecule has 2 aliphatic heterocycles. The fourth-order valence-electron chi connectivity index (χ4n) is 3.81. The van der Waals surface area contributed by atoms with Crippen LogP contribution in [0.1, 0.15) is 5.56 Å². The van der Waals surface area contributed by atoms with E-state index in [1.807, 2.05) is 29.3 Å². The molecule has 1 aromatic heterocycles. The maximum absolute atomic E-state index is 12.7. The highest BCUT2D eigenvalue weighted by Gasteiger charge is 2.40. The van der Waals surface area contributed by atoms with Crippen LogP contribution >= 0.6 is 0 Å². The summed E-state index contributed by atoms with van der Waals surface area (Å²) in [7, 11) is 0. The second kappa shape index (κ2) is 6.78. The Morgan fingerprint density at radius 3 is 2.64 bits per heavy atom.